The van der Waals surface area contributed by atoms with Crippen LogP contribution in [0.5, 0.6) is 11.6 Å². The number of nitriles is 1. The summed E-state index contributed by atoms with van der Waals surface area (Å²) in [7, 11) is -3.02. The van der Waals surface area contributed by atoms with E-state index in [2.05, 4.69) is 20.9 Å². The molecule has 5 heterocycles. The molecule has 1 aromatic heterocycles. The zero-order valence-corrected chi connectivity index (χ0v) is 29.0. The first-order valence-electron chi connectivity index (χ1n) is 16.8. The van der Waals surface area contributed by atoms with E-state index in [-0.39, 0.29) is 57.5 Å². The Kier molecular flexibility index (Phi) is 9.02. The van der Waals surface area contributed by atoms with Gasteiger partial charge in [-0.25, -0.2) is 17.7 Å². The smallest absolute Gasteiger partial charge is 0.270 e. The van der Waals surface area contributed by atoms with Gasteiger partial charge in [0.25, 0.3) is 15.9 Å². The van der Waals surface area contributed by atoms with E-state index in [0.29, 0.717) is 18.8 Å². The Labute approximate surface area is 292 Å². The summed E-state index contributed by atoms with van der Waals surface area (Å²) in [6.45, 7) is 10.3. The lowest BCUT2D eigenvalue weighted by atomic mass is 9.70. The Bertz CT molecular complexity index is 1930. The molecule has 4 aliphatic heterocycles. The highest BCUT2D eigenvalue weighted by Crippen LogP contribution is 2.53. The summed E-state index contributed by atoms with van der Waals surface area (Å²) in [5.41, 5.74) is -1.06. The molecule has 13 nitrogen and oxygen atoms in total. The summed E-state index contributed by atoms with van der Waals surface area (Å²) in [6, 6.07) is 15.5. The lowest BCUT2D eigenvalue weighted by Crippen LogP contribution is -2.73. The normalized spacial score (nSPS) is 21.7. The van der Waals surface area contributed by atoms with Gasteiger partial charge in [-0.05, 0) is 61.0 Å². The number of ether oxygens (including phenoxy) is 3. The van der Waals surface area contributed by atoms with Crippen LogP contribution in [0.3, 0.4) is 0 Å². The molecule has 50 heavy (non-hydrogen) atoms. The zero-order valence-electron chi connectivity index (χ0n) is 28.2. The number of anilines is 1. The third-order valence-electron chi connectivity index (χ3n) is 10.2. The van der Waals surface area contributed by atoms with Gasteiger partial charge in [0.15, 0.2) is 0 Å². The molecule has 0 aliphatic carbocycles. The van der Waals surface area contributed by atoms with Crippen LogP contribution in [0.4, 0.5) is 5.69 Å². The van der Waals surface area contributed by atoms with Crippen LogP contribution in [0.25, 0.3) is 0 Å². The van der Waals surface area contributed by atoms with E-state index in [1.165, 1.54) is 55.8 Å². The molecule has 0 saturated carbocycles. The number of fused-ring (bicyclic) bond motifs is 1. The molecule has 0 N–H and O–H groups in total. The first-order valence-corrected chi connectivity index (χ1v) is 18.3. The van der Waals surface area contributed by atoms with Crippen LogP contribution < -0.4 is 13.8 Å². The Hall–Kier alpha value is -4.55. The maximum absolute atomic E-state index is 15.1. The van der Waals surface area contributed by atoms with E-state index in [9.17, 15) is 18.5 Å². The predicted octanol–water partition coefficient (Wildman–Crippen LogP) is 2.25. The molecule has 0 radical (unpaired) electrons. The molecule has 0 bridgehead atoms. The minimum atomic E-state index is -4.49. The second kappa shape index (κ2) is 13.3. The second-order valence-corrected chi connectivity index (χ2v) is 15.2. The maximum Gasteiger partial charge on any atom is 0.270 e. The van der Waals surface area contributed by atoms with E-state index < -0.39 is 21.3 Å². The van der Waals surface area contributed by atoms with Crippen molar-refractivity contribution in [2.75, 3.05) is 83.6 Å². The molecule has 3 aromatic rings. The van der Waals surface area contributed by atoms with Crippen molar-refractivity contribution in [2.45, 2.75) is 23.7 Å². The number of morpholine rings is 1. The van der Waals surface area contributed by atoms with Gasteiger partial charge in [0.05, 0.1) is 49.1 Å². The van der Waals surface area contributed by atoms with Gasteiger partial charge in [0.1, 0.15) is 11.2 Å². The number of methoxy groups -OCH3 is 1. The summed E-state index contributed by atoms with van der Waals surface area (Å²) in [5, 5.41) is 9.91. The molecular formula is C36H40N6O7S. The van der Waals surface area contributed by atoms with Crippen LogP contribution in [0.15, 0.2) is 65.7 Å². The number of carbonyl (C=O) groups is 2. The highest BCUT2D eigenvalue weighted by Gasteiger charge is 2.60. The summed E-state index contributed by atoms with van der Waals surface area (Å²) < 4.78 is 46.0. The zero-order chi connectivity index (χ0) is 35.1. The molecule has 1 atom stereocenters. The molecule has 7 rings (SSSR count). The maximum atomic E-state index is 15.1. The first-order chi connectivity index (χ1) is 24.1. The van der Waals surface area contributed by atoms with Gasteiger partial charge in [-0.15, -0.1) is 0 Å². The molecule has 2 amide bonds. The SMILES string of the molecule is CCOc1ncccc1[C@@]1(CC(=O)N2CC3(CN(CCN4CCOCC4)C3)C2)C(=O)N(S(=O)(=O)c2ccc(OC)cc2)c2ccc(C#N)cc21. The van der Waals surface area contributed by atoms with Crippen LogP contribution in [-0.2, 0) is 29.8 Å². The van der Waals surface area contributed by atoms with Crippen molar-refractivity contribution in [1.29, 1.82) is 5.26 Å². The summed E-state index contributed by atoms with van der Waals surface area (Å²) in [6.07, 6.45) is 1.15. The van der Waals surface area contributed by atoms with Crippen LogP contribution in [-0.4, -0.2) is 119 Å². The number of amides is 2. The number of carbonyl (C=O) groups excluding carboxylic acids is 2. The number of hydrogen-bond donors (Lipinski definition) is 0. The number of sulfonamides is 1. The average molecular weight is 701 g/mol. The molecule has 3 fully saturated rings. The minimum Gasteiger partial charge on any atom is -0.497 e. The topological polar surface area (TPSA) is 146 Å². The number of pyridine rings is 1. The fourth-order valence-electron chi connectivity index (χ4n) is 7.75. The Balaban J connectivity index is 1.21. The third-order valence-corrected chi connectivity index (χ3v) is 12.0. The van der Waals surface area contributed by atoms with Crippen molar-refractivity contribution in [2.24, 2.45) is 5.41 Å². The Morgan fingerprint density at radius 2 is 1.72 bits per heavy atom. The van der Waals surface area contributed by atoms with Gasteiger partial charge in [0.2, 0.25) is 11.8 Å². The Morgan fingerprint density at radius 3 is 2.40 bits per heavy atom. The monoisotopic (exact) mass is 700 g/mol. The van der Waals surface area contributed by atoms with Crippen LogP contribution >= 0.6 is 0 Å². The summed E-state index contributed by atoms with van der Waals surface area (Å²) in [5.74, 6) is -0.567. The van der Waals surface area contributed by atoms with Gasteiger partial charge < -0.3 is 24.0 Å². The van der Waals surface area contributed by atoms with E-state index in [0.717, 1.165) is 56.8 Å². The summed E-state index contributed by atoms with van der Waals surface area (Å²) >= 11 is 0. The number of rotatable bonds is 11. The predicted molar refractivity (Wildman–Crippen MR) is 182 cm³/mol. The number of likely N-dealkylation sites (tertiary alicyclic amines) is 2. The first kappa shape index (κ1) is 33.9. The molecule has 2 aromatic carbocycles. The largest absolute Gasteiger partial charge is 0.497 e. The van der Waals surface area contributed by atoms with Crippen LogP contribution in [0, 0.1) is 16.7 Å². The average Bonchev–Trinajstić information content (AvgIpc) is 3.35. The van der Waals surface area contributed by atoms with Gasteiger partial charge in [-0.1, -0.05) is 6.07 Å². The third kappa shape index (κ3) is 5.77. The molecule has 14 heteroatoms. The molecule has 1 spiro atoms. The lowest BCUT2D eigenvalue weighted by Gasteiger charge is -2.60. The quantitative estimate of drug-likeness (QED) is 0.290. The fourth-order valence-corrected chi connectivity index (χ4v) is 9.24. The minimum absolute atomic E-state index is 0.00786. The number of hydrogen-bond acceptors (Lipinski definition) is 11. The lowest BCUT2D eigenvalue weighted by molar-refractivity contribution is -0.161. The highest BCUT2D eigenvalue weighted by atomic mass is 32.2. The van der Waals surface area contributed by atoms with Crippen LogP contribution in [0.1, 0.15) is 30.0 Å². The van der Waals surface area contributed by atoms with Crippen molar-refractivity contribution in [1.82, 2.24) is 19.7 Å². The van der Waals surface area contributed by atoms with Gasteiger partial charge >= 0.3 is 0 Å². The molecule has 262 valence electrons. The molecular weight excluding hydrogens is 660 g/mol. The highest BCUT2D eigenvalue weighted by molar-refractivity contribution is 7.93. The van der Waals surface area contributed by atoms with Crippen molar-refractivity contribution in [3.63, 3.8) is 0 Å². The van der Waals surface area contributed by atoms with Crippen molar-refractivity contribution in [3.8, 4) is 17.7 Å². The van der Waals surface area contributed by atoms with Gasteiger partial charge in [-0.2, -0.15) is 5.26 Å². The van der Waals surface area contributed by atoms with Crippen molar-refractivity contribution >= 4 is 27.5 Å². The number of benzene rings is 2. The Morgan fingerprint density at radius 1 is 1.00 bits per heavy atom. The molecule has 4 aliphatic rings. The summed E-state index contributed by atoms with van der Waals surface area (Å²) in [4.78, 5) is 40.2. The van der Waals surface area contributed by atoms with Crippen molar-refractivity contribution < 1.29 is 32.2 Å². The van der Waals surface area contributed by atoms with E-state index in [1.807, 2.05) is 0 Å². The molecule has 0 unspecified atom stereocenters. The van der Waals surface area contributed by atoms with Gasteiger partial charge in [-0.3, -0.25) is 14.5 Å². The number of nitrogens with zero attached hydrogens (tertiary/aromatic N) is 6. The second-order valence-electron chi connectivity index (χ2n) is 13.4. The number of aromatic nitrogens is 1. The van der Waals surface area contributed by atoms with Crippen molar-refractivity contribution in [3.05, 3.63) is 77.5 Å². The fraction of sp³-hybridized carbons (Fsp3) is 0.444. The standard InChI is InChI=1S/C36H40N6O7S/c1-3-49-33-29(5-4-12-38-33)36(20-32(43)41-24-35(25-41)22-40(23-35)14-13-39-15-17-48-18-16-39)30-19-26(21-37)6-11-31(30)42(34(36)44)50(45,46)28-9-7-27(47-2)8-10-28/h4-12,19H,3,13-18,20,22-25H2,1-2H3/t36-/m1/s1. The van der Waals surface area contributed by atoms with E-state index >= 15 is 4.79 Å². The van der Waals surface area contributed by atoms with E-state index in [1.54, 1.807) is 24.0 Å². The van der Waals surface area contributed by atoms with Gasteiger partial charge in [0, 0.05) is 76.0 Å². The van der Waals surface area contributed by atoms with Crippen LogP contribution in [0.2, 0.25) is 0 Å². The molecule has 3 saturated heterocycles. The van der Waals surface area contributed by atoms with E-state index in [4.69, 9.17) is 14.2 Å².